The molecule has 1 aromatic rings. The van der Waals surface area contributed by atoms with E-state index in [1.807, 2.05) is 18.9 Å². The Balaban J connectivity index is 2.21. The fourth-order valence-corrected chi connectivity index (χ4v) is 2.77. The Morgan fingerprint density at radius 1 is 1.53 bits per heavy atom. The molecule has 0 radical (unpaired) electrons. The minimum Gasteiger partial charge on any atom is -0.298 e. The van der Waals surface area contributed by atoms with Crippen molar-refractivity contribution in [1.82, 2.24) is 4.90 Å². The molecule has 92 valence electrons. The molecule has 0 amide bonds. The Labute approximate surface area is 109 Å². The van der Waals surface area contributed by atoms with Gasteiger partial charge in [-0.2, -0.15) is 0 Å². The van der Waals surface area contributed by atoms with Crippen LogP contribution in [0.2, 0.25) is 0 Å². The first kappa shape index (κ1) is 12.7. The van der Waals surface area contributed by atoms with Crippen molar-refractivity contribution in [3.05, 3.63) is 34.1 Å². The highest BCUT2D eigenvalue weighted by Crippen LogP contribution is 2.24. The summed E-state index contributed by atoms with van der Waals surface area (Å²) in [6.07, 6.45) is 0.449. The average molecular weight is 300 g/mol. The molecule has 1 aromatic carbocycles. The van der Waals surface area contributed by atoms with Crippen LogP contribution in [-0.2, 0) is 11.2 Å². The molecule has 0 aromatic heterocycles. The van der Waals surface area contributed by atoms with Crippen molar-refractivity contribution in [3.63, 3.8) is 0 Å². The molecule has 0 spiro atoms. The maximum absolute atomic E-state index is 13.8. The molecule has 0 bridgehead atoms. The molecule has 0 N–H and O–H groups in total. The van der Waals surface area contributed by atoms with Gasteiger partial charge in [0.25, 0.3) is 0 Å². The first-order valence-corrected chi connectivity index (χ1v) is 6.47. The third-order valence-corrected chi connectivity index (χ3v) is 3.97. The minimum atomic E-state index is -0.256. The summed E-state index contributed by atoms with van der Waals surface area (Å²) in [6.45, 7) is 2.69. The highest BCUT2D eigenvalue weighted by atomic mass is 79.9. The lowest BCUT2D eigenvalue weighted by Gasteiger charge is -2.18. The molecule has 0 saturated carbocycles. The van der Waals surface area contributed by atoms with Gasteiger partial charge in [0.1, 0.15) is 5.82 Å². The number of carbonyl (C=O) groups excluding carboxylic acids is 1. The van der Waals surface area contributed by atoms with E-state index in [0.717, 1.165) is 6.54 Å². The van der Waals surface area contributed by atoms with Gasteiger partial charge in [0.15, 0.2) is 5.78 Å². The van der Waals surface area contributed by atoms with Gasteiger partial charge >= 0.3 is 0 Å². The number of hydrogen-bond acceptors (Lipinski definition) is 2. The van der Waals surface area contributed by atoms with Crippen molar-refractivity contribution in [2.45, 2.75) is 19.4 Å². The summed E-state index contributed by atoms with van der Waals surface area (Å²) in [5, 5.41) is 0. The third kappa shape index (κ3) is 2.43. The fraction of sp³-hybridized carbons (Fsp3) is 0.462. The number of carbonyl (C=O) groups is 1. The molecule has 1 fully saturated rings. The second kappa shape index (κ2) is 4.86. The highest BCUT2D eigenvalue weighted by Gasteiger charge is 2.35. The summed E-state index contributed by atoms with van der Waals surface area (Å²) >= 11 is 3.16. The van der Waals surface area contributed by atoms with E-state index in [-0.39, 0.29) is 23.6 Å². The van der Waals surface area contributed by atoms with Crippen LogP contribution < -0.4 is 0 Å². The second-order valence-corrected chi connectivity index (χ2v) is 5.53. The minimum absolute atomic E-state index is 0.0558. The maximum Gasteiger partial charge on any atom is 0.154 e. The molecule has 2 rings (SSSR count). The van der Waals surface area contributed by atoms with Crippen LogP contribution in [0, 0.1) is 11.7 Å². The van der Waals surface area contributed by atoms with Gasteiger partial charge in [-0.3, -0.25) is 9.69 Å². The van der Waals surface area contributed by atoms with Gasteiger partial charge in [-0.25, -0.2) is 4.39 Å². The molecule has 17 heavy (non-hydrogen) atoms. The molecular formula is C13H15BrFNO. The van der Waals surface area contributed by atoms with Crippen molar-refractivity contribution < 1.29 is 9.18 Å². The Bertz CT molecular complexity index is 449. The zero-order chi connectivity index (χ0) is 12.6. The van der Waals surface area contributed by atoms with Crippen molar-refractivity contribution in [2.24, 2.45) is 5.92 Å². The summed E-state index contributed by atoms with van der Waals surface area (Å²) in [6, 6.07) is 5.02. The van der Waals surface area contributed by atoms with Crippen molar-refractivity contribution in [1.29, 1.82) is 0 Å². The highest BCUT2D eigenvalue weighted by molar-refractivity contribution is 9.10. The van der Waals surface area contributed by atoms with Gasteiger partial charge in [0.2, 0.25) is 0 Å². The normalized spacial score (nSPS) is 25.5. The van der Waals surface area contributed by atoms with Crippen LogP contribution in [0.5, 0.6) is 0 Å². The molecule has 4 heteroatoms. The maximum atomic E-state index is 13.8. The Morgan fingerprint density at radius 2 is 2.24 bits per heavy atom. The molecule has 1 heterocycles. The van der Waals surface area contributed by atoms with E-state index in [9.17, 15) is 9.18 Å². The van der Waals surface area contributed by atoms with Crippen molar-refractivity contribution in [2.75, 3.05) is 13.6 Å². The summed E-state index contributed by atoms with van der Waals surface area (Å²) in [4.78, 5) is 13.9. The van der Waals surface area contributed by atoms with Crippen molar-refractivity contribution >= 4 is 21.7 Å². The van der Waals surface area contributed by atoms with Gasteiger partial charge in [-0.15, -0.1) is 0 Å². The topological polar surface area (TPSA) is 20.3 Å². The number of hydrogen-bond donors (Lipinski definition) is 0. The third-order valence-electron chi connectivity index (χ3n) is 3.35. The summed E-state index contributed by atoms with van der Waals surface area (Å²) < 4.78 is 14.3. The number of likely N-dealkylation sites (tertiary alicyclic amines) is 1. The summed E-state index contributed by atoms with van der Waals surface area (Å²) in [7, 11) is 1.92. The quantitative estimate of drug-likeness (QED) is 0.837. The molecular weight excluding hydrogens is 285 g/mol. The van der Waals surface area contributed by atoms with Crippen LogP contribution in [0.1, 0.15) is 12.5 Å². The first-order chi connectivity index (χ1) is 8.00. The fourth-order valence-electron chi connectivity index (χ4n) is 2.37. The van der Waals surface area contributed by atoms with Gasteiger partial charge in [0.05, 0.1) is 10.5 Å². The van der Waals surface area contributed by atoms with Crippen molar-refractivity contribution in [3.8, 4) is 0 Å². The largest absolute Gasteiger partial charge is 0.298 e. The standard InChI is InChI=1S/C13H15BrFNO/c1-8-7-16(2)11(13(8)17)6-9-4-3-5-10(14)12(9)15/h3-5,8,11H,6-7H2,1-2H3. The molecule has 2 unspecified atom stereocenters. The smallest absolute Gasteiger partial charge is 0.154 e. The molecule has 1 saturated heterocycles. The number of ketones is 1. The van der Waals surface area contributed by atoms with Gasteiger partial charge < -0.3 is 0 Å². The predicted molar refractivity (Wildman–Crippen MR) is 68.4 cm³/mol. The summed E-state index contributed by atoms with van der Waals surface area (Å²) in [5.74, 6) is 0.0142. The van der Waals surface area contributed by atoms with Crippen LogP contribution in [0.4, 0.5) is 4.39 Å². The second-order valence-electron chi connectivity index (χ2n) is 4.68. The van der Waals surface area contributed by atoms with Crippen LogP contribution in [0.25, 0.3) is 0 Å². The van der Waals surface area contributed by atoms with Crippen LogP contribution >= 0.6 is 15.9 Å². The van der Waals surface area contributed by atoms with E-state index in [0.29, 0.717) is 16.5 Å². The van der Waals surface area contributed by atoms with E-state index in [1.54, 1.807) is 18.2 Å². The molecule has 1 aliphatic rings. The van der Waals surface area contributed by atoms with E-state index in [2.05, 4.69) is 15.9 Å². The van der Waals surface area contributed by atoms with Gasteiger partial charge in [-0.05, 0) is 41.0 Å². The number of nitrogens with zero attached hydrogens (tertiary/aromatic N) is 1. The van der Waals surface area contributed by atoms with E-state index in [1.165, 1.54) is 0 Å². The van der Waals surface area contributed by atoms with E-state index >= 15 is 0 Å². The molecule has 0 aliphatic carbocycles. The SMILES string of the molecule is CC1CN(C)C(Cc2cccc(Br)c2F)C1=O. The lowest BCUT2D eigenvalue weighted by atomic mass is 9.99. The lowest BCUT2D eigenvalue weighted by molar-refractivity contribution is -0.122. The lowest BCUT2D eigenvalue weighted by Crippen LogP contribution is -2.32. The molecule has 1 aliphatic heterocycles. The first-order valence-electron chi connectivity index (χ1n) is 5.67. The van der Waals surface area contributed by atoms with E-state index < -0.39 is 0 Å². The Kier molecular flexibility index (Phi) is 3.64. The number of benzene rings is 1. The molecule has 2 atom stereocenters. The van der Waals surface area contributed by atoms with Crippen LogP contribution in [0.3, 0.4) is 0 Å². The Morgan fingerprint density at radius 3 is 2.82 bits per heavy atom. The number of rotatable bonds is 2. The number of likely N-dealkylation sites (N-methyl/N-ethyl adjacent to an activating group) is 1. The molecule has 2 nitrogen and oxygen atoms in total. The Hall–Kier alpha value is -0.740. The summed E-state index contributed by atoms with van der Waals surface area (Å²) in [5.41, 5.74) is 0.596. The number of Topliss-reactive ketones (excluding diaryl/α,β-unsaturated/α-hetero) is 1. The monoisotopic (exact) mass is 299 g/mol. The zero-order valence-electron chi connectivity index (χ0n) is 9.91. The van der Waals surface area contributed by atoms with E-state index in [4.69, 9.17) is 0 Å². The zero-order valence-corrected chi connectivity index (χ0v) is 11.5. The van der Waals surface area contributed by atoms with Gasteiger partial charge in [0, 0.05) is 12.5 Å². The predicted octanol–water partition coefficient (Wildman–Crippen LogP) is 2.65. The van der Waals surface area contributed by atoms with Crippen LogP contribution in [-0.4, -0.2) is 30.3 Å². The van der Waals surface area contributed by atoms with Gasteiger partial charge in [-0.1, -0.05) is 19.1 Å². The number of halogens is 2. The van der Waals surface area contributed by atoms with Crippen LogP contribution in [0.15, 0.2) is 22.7 Å². The average Bonchev–Trinajstić information content (AvgIpc) is 2.51.